The van der Waals surface area contributed by atoms with Gasteiger partial charge in [0.25, 0.3) is 0 Å². The summed E-state index contributed by atoms with van der Waals surface area (Å²) in [7, 11) is -4.83. The van der Waals surface area contributed by atoms with E-state index in [4.69, 9.17) is 0 Å². The van der Waals surface area contributed by atoms with Crippen LogP contribution < -0.4 is 10.5 Å². The van der Waals surface area contributed by atoms with Gasteiger partial charge in [0.2, 0.25) is 15.9 Å². The molecule has 0 aliphatic rings. The van der Waals surface area contributed by atoms with Crippen LogP contribution in [0.25, 0.3) is 0 Å². The first kappa shape index (κ1) is 18.2. The molecule has 0 unspecified atom stereocenters. The number of rotatable bonds is 2. The maximum atomic E-state index is 12.9. The highest BCUT2D eigenvalue weighted by Crippen LogP contribution is 2.44. The molecule has 1 aromatic rings. The van der Waals surface area contributed by atoms with Crippen LogP contribution in [0.4, 0.5) is 32.0 Å². The van der Waals surface area contributed by atoms with E-state index in [9.17, 15) is 39.6 Å². The Kier molecular flexibility index (Phi) is 4.50. The number of halogens is 6. The second-order valence-electron chi connectivity index (χ2n) is 4.12. The molecule has 0 aliphatic carbocycles. The van der Waals surface area contributed by atoms with E-state index in [0.717, 1.165) is 0 Å². The molecule has 1 amide bonds. The fourth-order valence-electron chi connectivity index (χ4n) is 1.54. The van der Waals surface area contributed by atoms with Gasteiger partial charge in [-0.05, 0) is 12.1 Å². The van der Waals surface area contributed by atoms with Crippen molar-refractivity contribution in [2.24, 2.45) is 5.14 Å². The number of nitrogens with one attached hydrogen (secondary N) is 1. The second kappa shape index (κ2) is 5.43. The van der Waals surface area contributed by atoms with E-state index in [1.54, 1.807) is 0 Å². The number of sulfonamides is 1. The normalized spacial score (nSPS) is 13.1. The number of alkyl halides is 6. The first-order valence-electron chi connectivity index (χ1n) is 5.27. The summed E-state index contributed by atoms with van der Waals surface area (Å²) in [4.78, 5) is 9.49. The van der Waals surface area contributed by atoms with Crippen LogP contribution in [0.2, 0.25) is 0 Å². The average molecular weight is 350 g/mol. The van der Waals surface area contributed by atoms with Crippen LogP contribution >= 0.6 is 0 Å². The van der Waals surface area contributed by atoms with Crippen molar-refractivity contribution >= 4 is 21.6 Å². The first-order valence-corrected chi connectivity index (χ1v) is 6.81. The Morgan fingerprint density at radius 1 is 1.05 bits per heavy atom. The molecule has 0 aliphatic heterocycles. The van der Waals surface area contributed by atoms with E-state index in [1.165, 1.54) is 5.32 Å². The van der Waals surface area contributed by atoms with Gasteiger partial charge >= 0.3 is 12.4 Å². The summed E-state index contributed by atoms with van der Waals surface area (Å²) >= 11 is 0. The molecule has 124 valence electrons. The lowest BCUT2D eigenvalue weighted by Crippen LogP contribution is -2.22. The molecule has 0 saturated heterocycles. The summed E-state index contributed by atoms with van der Waals surface area (Å²) in [5.74, 6) is -1.20. The maximum Gasteiger partial charge on any atom is 0.418 e. The SMILES string of the molecule is CC(=O)Nc1c(C(F)(F)F)cc(S(N)(=O)=O)cc1C(F)(F)F. The fourth-order valence-corrected chi connectivity index (χ4v) is 2.10. The first-order chi connectivity index (χ1) is 9.64. The van der Waals surface area contributed by atoms with Crippen molar-refractivity contribution in [1.82, 2.24) is 0 Å². The zero-order chi connectivity index (χ0) is 17.5. The smallest absolute Gasteiger partial charge is 0.325 e. The molecule has 0 atom stereocenters. The summed E-state index contributed by atoms with van der Waals surface area (Å²) in [5.41, 5.74) is -5.52. The van der Waals surface area contributed by atoms with Gasteiger partial charge in [0.15, 0.2) is 0 Å². The average Bonchev–Trinajstić information content (AvgIpc) is 2.23. The lowest BCUT2D eigenvalue weighted by Gasteiger charge is -2.20. The molecule has 0 heterocycles. The van der Waals surface area contributed by atoms with Crippen LogP contribution in [0.3, 0.4) is 0 Å². The van der Waals surface area contributed by atoms with Crippen molar-refractivity contribution < 1.29 is 39.6 Å². The number of carbonyl (C=O) groups is 1. The topological polar surface area (TPSA) is 89.3 Å². The lowest BCUT2D eigenvalue weighted by atomic mass is 10.1. The Labute approximate surface area is 120 Å². The number of benzene rings is 1. The van der Waals surface area contributed by atoms with Gasteiger partial charge in [-0.2, -0.15) is 26.3 Å². The lowest BCUT2D eigenvalue weighted by molar-refractivity contribution is -0.142. The number of amides is 1. The summed E-state index contributed by atoms with van der Waals surface area (Å²) < 4.78 is 99.4. The third kappa shape index (κ3) is 4.10. The molecule has 0 radical (unpaired) electrons. The quantitative estimate of drug-likeness (QED) is 0.803. The third-order valence-electron chi connectivity index (χ3n) is 2.35. The molecular weight excluding hydrogens is 342 g/mol. The highest BCUT2D eigenvalue weighted by Gasteiger charge is 2.42. The van der Waals surface area contributed by atoms with Gasteiger partial charge in [-0.3, -0.25) is 4.79 Å². The van der Waals surface area contributed by atoms with Gasteiger partial charge in [0.1, 0.15) is 0 Å². The van der Waals surface area contributed by atoms with Crippen molar-refractivity contribution in [3.63, 3.8) is 0 Å². The van der Waals surface area contributed by atoms with Crippen LogP contribution in [-0.4, -0.2) is 14.3 Å². The summed E-state index contributed by atoms with van der Waals surface area (Å²) in [6, 6.07) is -0.147. The van der Waals surface area contributed by atoms with Gasteiger partial charge in [0, 0.05) is 6.92 Å². The van der Waals surface area contributed by atoms with Crippen LogP contribution in [0.5, 0.6) is 0 Å². The summed E-state index contributed by atoms with van der Waals surface area (Å²) in [5, 5.41) is 6.00. The van der Waals surface area contributed by atoms with Gasteiger partial charge in [-0.15, -0.1) is 0 Å². The maximum absolute atomic E-state index is 12.9. The molecule has 0 aromatic heterocycles. The summed E-state index contributed by atoms with van der Waals surface area (Å²) in [6.45, 7) is 0.702. The minimum atomic E-state index is -5.35. The van der Waals surface area contributed by atoms with E-state index >= 15 is 0 Å². The molecule has 5 nitrogen and oxygen atoms in total. The fraction of sp³-hybridized carbons (Fsp3) is 0.300. The van der Waals surface area contributed by atoms with Crippen molar-refractivity contribution in [3.05, 3.63) is 23.3 Å². The number of hydrogen-bond donors (Lipinski definition) is 2. The Balaban J connectivity index is 3.90. The molecule has 1 aromatic carbocycles. The summed E-state index contributed by atoms with van der Waals surface area (Å²) in [6.07, 6.45) is -10.7. The molecule has 3 N–H and O–H groups in total. The number of anilines is 1. The number of hydrogen-bond acceptors (Lipinski definition) is 3. The van der Waals surface area contributed by atoms with Gasteiger partial charge in [-0.25, -0.2) is 13.6 Å². The van der Waals surface area contributed by atoms with Gasteiger partial charge in [0.05, 0.1) is 21.7 Å². The van der Waals surface area contributed by atoms with E-state index < -0.39 is 50.0 Å². The number of nitrogens with two attached hydrogens (primary N) is 1. The molecule has 22 heavy (non-hydrogen) atoms. The molecular formula is C10H8F6N2O3S. The molecule has 0 saturated carbocycles. The highest BCUT2D eigenvalue weighted by molar-refractivity contribution is 7.89. The monoisotopic (exact) mass is 350 g/mol. The van der Waals surface area contributed by atoms with Crippen molar-refractivity contribution in [3.8, 4) is 0 Å². The van der Waals surface area contributed by atoms with Crippen LogP contribution in [0.15, 0.2) is 17.0 Å². The van der Waals surface area contributed by atoms with Crippen molar-refractivity contribution in [2.75, 3.05) is 5.32 Å². The van der Waals surface area contributed by atoms with E-state index in [1.807, 2.05) is 0 Å². The predicted molar refractivity (Wildman–Crippen MR) is 62.1 cm³/mol. The number of primary sulfonamides is 1. The third-order valence-corrected chi connectivity index (χ3v) is 3.25. The van der Waals surface area contributed by atoms with E-state index in [2.05, 4.69) is 5.14 Å². The molecule has 0 fully saturated rings. The Morgan fingerprint density at radius 2 is 1.41 bits per heavy atom. The molecule has 0 bridgehead atoms. The molecule has 12 heteroatoms. The highest BCUT2D eigenvalue weighted by atomic mass is 32.2. The van der Waals surface area contributed by atoms with Crippen molar-refractivity contribution in [2.45, 2.75) is 24.2 Å². The van der Waals surface area contributed by atoms with Crippen LogP contribution in [0.1, 0.15) is 18.1 Å². The zero-order valence-electron chi connectivity index (χ0n) is 10.6. The van der Waals surface area contributed by atoms with Gasteiger partial charge < -0.3 is 5.32 Å². The Hall–Kier alpha value is -1.82. The van der Waals surface area contributed by atoms with Crippen LogP contribution in [0, 0.1) is 0 Å². The van der Waals surface area contributed by atoms with E-state index in [-0.39, 0.29) is 12.1 Å². The van der Waals surface area contributed by atoms with E-state index in [0.29, 0.717) is 6.92 Å². The standard InChI is InChI=1S/C10H8F6N2O3S/c1-4(19)18-8-6(9(11,12)13)2-5(22(17,20)21)3-7(8)10(14,15)16/h2-3H,1H3,(H,18,19)(H2,17,20,21). The molecule has 1 rings (SSSR count). The predicted octanol–water partition coefficient (Wildman–Crippen LogP) is 2.33. The minimum Gasteiger partial charge on any atom is -0.325 e. The number of carbonyl (C=O) groups excluding carboxylic acids is 1. The van der Waals surface area contributed by atoms with Crippen molar-refractivity contribution in [1.29, 1.82) is 0 Å². The largest absolute Gasteiger partial charge is 0.418 e. The zero-order valence-corrected chi connectivity index (χ0v) is 11.4. The minimum absolute atomic E-state index is 0.0736. The van der Waals surface area contributed by atoms with Crippen LogP contribution in [-0.2, 0) is 27.2 Å². The second-order valence-corrected chi connectivity index (χ2v) is 5.68. The molecule has 0 spiro atoms. The van der Waals surface area contributed by atoms with Gasteiger partial charge in [-0.1, -0.05) is 0 Å². The Bertz CT molecular complexity index is 673. The Morgan fingerprint density at radius 3 is 1.64 bits per heavy atom.